The molecule has 1 aromatic rings. The highest BCUT2D eigenvalue weighted by atomic mass is 79.9. The van der Waals surface area contributed by atoms with Gasteiger partial charge in [-0.3, -0.25) is 4.79 Å². The van der Waals surface area contributed by atoms with E-state index >= 15 is 0 Å². The first-order valence-corrected chi connectivity index (χ1v) is 7.34. The number of halogens is 1. The number of esters is 1. The maximum absolute atomic E-state index is 11.9. The average molecular weight is 365 g/mol. The maximum Gasteiger partial charge on any atom is 0.350 e. The van der Waals surface area contributed by atoms with Crippen molar-refractivity contribution in [2.24, 2.45) is 0 Å². The third-order valence-electron chi connectivity index (χ3n) is 2.47. The normalized spacial score (nSPS) is 11.5. The number of ketones is 1. The quantitative estimate of drug-likeness (QED) is 0.380. The van der Waals surface area contributed by atoms with Crippen LogP contribution in [0.4, 0.5) is 5.69 Å². The number of ether oxygens (including phenoxy) is 1. The number of hydrogen-bond donors (Lipinski definition) is 1. The highest BCUT2D eigenvalue weighted by Crippen LogP contribution is 2.22. The molecular formula is C16H17BrN2O3. The van der Waals surface area contributed by atoms with Crippen LogP contribution in [0.2, 0.25) is 0 Å². The molecule has 0 heterocycles. The van der Waals surface area contributed by atoms with Crippen LogP contribution in [0, 0.1) is 11.3 Å². The van der Waals surface area contributed by atoms with Crippen LogP contribution in [0.15, 0.2) is 34.4 Å². The number of benzene rings is 1. The Morgan fingerprint density at radius 3 is 2.50 bits per heavy atom. The number of nitrogens with one attached hydrogen (secondary N) is 1. The molecule has 1 rings (SSSR count). The van der Waals surface area contributed by atoms with E-state index < -0.39 is 11.6 Å². The van der Waals surface area contributed by atoms with Crippen molar-refractivity contribution in [1.82, 2.24) is 0 Å². The highest BCUT2D eigenvalue weighted by Gasteiger charge is 2.20. The summed E-state index contributed by atoms with van der Waals surface area (Å²) in [7, 11) is 0. The van der Waals surface area contributed by atoms with E-state index in [1.165, 1.54) is 13.1 Å². The van der Waals surface area contributed by atoms with Crippen LogP contribution in [-0.2, 0) is 9.53 Å². The standard InChI is InChI=1S/C16H17BrN2O3/c1-10(20)13-7-12(17)5-6-14(13)19-9-11(8-18)15(21)22-16(2,3)4/h5-7,9,19H,1-4H3. The Morgan fingerprint density at radius 2 is 2.00 bits per heavy atom. The van der Waals surface area contributed by atoms with E-state index in [2.05, 4.69) is 21.2 Å². The Kier molecular flexibility index (Phi) is 5.89. The Morgan fingerprint density at radius 1 is 1.36 bits per heavy atom. The Bertz CT molecular complexity index is 667. The SMILES string of the molecule is CC(=O)c1cc(Br)ccc1NC=C(C#N)C(=O)OC(C)(C)C. The molecule has 0 spiro atoms. The fraction of sp³-hybridized carbons (Fsp3) is 0.312. The summed E-state index contributed by atoms with van der Waals surface area (Å²) in [6.45, 7) is 6.59. The van der Waals surface area contributed by atoms with Crippen molar-refractivity contribution in [1.29, 1.82) is 5.26 Å². The lowest BCUT2D eigenvalue weighted by Gasteiger charge is -2.19. The van der Waals surface area contributed by atoms with E-state index in [0.29, 0.717) is 11.3 Å². The highest BCUT2D eigenvalue weighted by molar-refractivity contribution is 9.10. The third kappa shape index (κ3) is 5.34. The lowest BCUT2D eigenvalue weighted by Crippen LogP contribution is -2.24. The fourth-order valence-corrected chi connectivity index (χ4v) is 1.91. The van der Waals surface area contributed by atoms with E-state index in [9.17, 15) is 9.59 Å². The molecule has 0 aromatic heterocycles. The lowest BCUT2D eigenvalue weighted by atomic mass is 10.1. The first-order valence-electron chi connectivity index (χ1n) is 6.54. The molecule has 0 saturated heterocycles. The maximum atomic E-state index is 11.9. The van der Waals surface area contributed by atoms with E-state index in [0.717, 1.165) is 4.47 Å². The first-order chi connectivity index (χ1) is 10.1. The summed E-state index contributed by atoms with van der Waals surface area (Å²) in [6, 6.07) is 6.88. The minimum absolute atomic E-state index is 0.132. The second-order valence-electron chi connectivity index (χ2n) is 5.56. The van der Waals surface area contributed by atoms with Crippen LogP contribution in [0.25, 0.3) is 0 Å². The first kappa shape index (κ1) is 17.9. The number of carbonyl (C=O) groups is 2. The molecule has 0 fully saturated rings. The van der Waals surface area contributed by atoms with Gasteiger partial charge in [-0.25, -0.2) is 4.79 Å². The smallest absolute Gasteiger partial charge is 0.350 e. The van der Waals surface area contributed by atoms with Crippen molar-refractivity contribution < 1.29 is 14.3 Å². The van der Waals surface area contributed by atoms with Gasteiger partial charge in [0.2, 0.25) is 0 Å². The van der Waals surface area contributed by atoms with Crippen molar-refractivity contribution in [3.8, 4) is 6.07 Å². The second-order valence-corrected chi connectivity index (χ2v) is 6.48. The molecule has 0 radical (unpaired) electrons. The molecule has 0 unspecified atom stereocenters. The number of carbonyl (C=O) groups excluding carboxylic acids is 2. The summed E-state index contributed by atoms with van der Waals surface area (Å²) in [5, 5.41) is 11.9. The molecule has 0 atom stereocenters. The Labute approximate surface area is 138 Å². The van der Waals surface area contributed by atoms with Crippen molar-refractivity contribution in [3.63, 3.8) is 0 Å². The molecule has 1 N–H and O–H groups in total. The number of hydrogen-bond acceptors (Lipinski definition) is 5. The molecule has 0 aliphatic heterocycles. The monoisotopic (exact) mass is 364 g/mol. The summed E-state index contributed by atoms with van der Waals surface area (Å²) in [6.07, 6.45) is 1.24. The second kappa shape index (κ2) is 7.23. The van der Waals surface area contributed by atoms with Gasteiger partial charge in [0, 0.05) is 21.9 Å². The minimum Gasteiger partial charge on any atom is -0.456 e. The van der Waals surface area contributed by atoms with Crippen LogP contribution >= 0.6 is 15.9 Å². The van der Waals surface area contributed by atoms with Gasteiger partial charge in [0.05, 0.1) is 0 Å². The number of anilines is 1. The van der Waals surface area contributed by atoms with Crippen LogP contribution in [0.1, 0.15) is 38.1 Å². The van der Waals surface area contributed by atoms with E-state index in [4.69, 9.17) is 10.00 Å². The van der Waals surface area contributed by atoms with E-state index in [-0.39, 0.29) is 11.4 Å². The van der Waals surface area contributed by atoms with Crippen LogP contribution in [-0.4, -0.2) is 17.4 Å². The summed E-state index contributed by atoms with van der Waals surface area (Å²) in [5.41, 5.74) is 0.0984. The zero-order valence-corrected chi connectivity index (χ0v) is 14.4. The number of nitriles is 1. The summed E-state index contributed by atoms with van der Waals surface area (Å²) in [4.78, 5) is 23.5. The van der Waals surface area contributed by atoms with Crippen LogP contribution in [0.5, 0.6) is 0 Å². The molecule has 0 saturated carbocycles. The molecule has 116 valence electrons. The average Bonchev–Trinajstić information content (AvgIpc) is 2.38. The molecule has 0 aliphatic carbocycles. The number of nitrogens with zero attached hydrogens (tertiary/aromatic N) is 1. The van der Waals surface area contributed by atoms with Gasteiger partial charge in [-0.05, 0) is 45.9 Å². The molecule has 5 nitrogen and oxygen atoms in total. The fourth-order valence-electron chi connectivity index (χ4n) is 1.55. The molecule has 0 amide bonds. The lowest BCUT2D eigenvalue weighted by molar-refractivity contribution is -0.149. The third-order valence-corrected chi connectivity index (χ3v) is 2.97. The van der Waals surface area contributed by atoms with Gasteiger partial charge < -0.3 is 10.1 Å². The predicted molar refractivity (Wildman–Crippen MR) is 87.3 cm³/mol. The molecule has 0 bridgehead atoms. The zero-order valence-electron chi connectivity index (χ0n) is 12.9. The molecule has 1 aromatic carbocycles. The van der Waals surface area contributed by atoms with Gasteiger partial charge in [-0.1, -0.05) is 15.9 Å². The van der Waals surface area contributed by atoms with Crippen molar-refractivity contribution in [2.45, 2.75) is 33.3 Å². The predicted octanol–water partition coefficient (Wildman–Crippen LogP) is 3.81. The van der Waals surface area contributed by atoms with Gasteiger partial charge in [-0.2, -0.15) is 5.26 Å². The topological polar surface area (TPSA) is 79.2 Å². The summed E-state index contributed by atoms with van der Waals surface area (Å²) < 4.78 is 5.90. The molecule has 22 heavy (non-hydrogen) atoms. The summed E-state index contributed by atoms with van der Waals surface area (Å²) in [5.74, 6) is -0.850. The van der Waals surface area contributed by atoms with Crippen molar-refractivity contribution in [2.75, 3.05) is 5.32 Å². The Balaban J connectivity index is 3.02. The number of rotatable bonds is 4. The molecular weight excluding hydrogens is 348 g/mol. The van der Waals surface area contributed by atoms with Gasteiger partial charge in [-0.15, -0.1) is 0 Å². The summed E-state index contributed by atoms with van der Waals surface area (Å²) >= 11 is 3.29. The number of Topliss-reactive ketones (excluding diaryl/α,β-unsaturated/α-hetero) is 1. The zero-order chi connectivity index (χ0) is 16.9. The van der Waals surface area contributed by atoms with E-state index in [1.54, 1.807) is 45.0 Å². The van der Waals surface area contributed by atoms with Gasteiger partial charge in [0.25, 0.3) is 0 Å². The largest absolute Gasteiger partial charge is 0.456 e. The van der Waals surface area contributed by atoms with E-state index in [1.807, 2.05) is 0 Å². The van der Waals surface area contributed by atoms with Crippen LogP contribution < -0.4 is 5.32 Å². The minimum atomic E-state index is -0.719. The molecule has 6 heteroatoms. The van der Waals surface area contributed by atoms with Crippen LogP contribution in [0.3, 0.4) is 0 Å². The van der Waals surface area contributed by atoms with Gasteiger partial charge in [0.1, 0.15) is 11.7 Å². The van der Waals surface area contributed by atoms with Crippen molar-refractivity contribution >= 4 is 33.4 Å². The van der Waals surface area contributed by atoms with Gasteiger partial charge >= 0.3 is 5.97 Å². The van der Waals surface area contributed by atoms with Gasteiger partial charge in [0.15, 0.2) is 11.4 Å². The molecule has 0 aliphatic rings. The Hall–Kier alpha value is -2.13. The van der Waals surface area contributed by atoms with Crippen molar-refractivity contribution in [3.05, 3.63) is 40.0 Å².